The van der Waals surface area contributed by atoms with Crippen molar-refractivity contribution in [2.24, 2.45) is 10.9 Å². The van der Waals surface area contributed by atoms with Gasteiger partial charge in [0, 0.05) is 40.2 Å². The molecule has 1 aliphatic carbocycles. The van der Waals surface area contributed by atoms with Crippen LogP contribution < -0.4 is 10.6 Å². The number of aryl methyl sites for hydroxylation is 1. The third-order valence-corrected chi connectivity index (χ3v) is 5.67. The molecule has 0 spiro atoms. The molecule has 0 radical (unpaired) electrons. The van der Waals surface area contributed by atoms with E-state index in [1.54, 1.807) is 26.1 Å². The minimum Gasteiger partial charge on any atom is -0.377 e. The second-order valence-corrected chi connectivity index (χ2v) is 8.28. The highest BCUT2D eigenvalue weighted by Crippen LogP contribution is 2.22. The predicted octanol–water partition coefficient (Wildman–Crippen LogP) is 0.943. The van der Waals surface area contributed by atoms with Crippen LogP contribution in [0, 0.1) is 5.92 Å². The van der Waals surface area contributed by atoms with Crippen molar-refractivity contribution in [2.45, 2.75) is 64.1 Å². The Balaban J connectivity index is 1.60. The van der Waals surface area contributed by atoms with Crippen LogP contribution in [-0.2, 0) is 29.1 Å². The summed E-state index contributed by atoms with van der Waals surface area (Å²) in [5.74, 6) is 3.13. The molecule has 3 rings (SSSR count). The number of hydrogen-bond donors (Lipinski definition) is 2. The average molecular weight is 406 g/mol. The van der Waals surface area contributed by atoms with Gasteiger partial charge in [0.25, 0.3) is 0 Å². The molecule has 1 aromatic heterocycles. The Morgan fingerprint density at radius 1 is 1.28 bits per heavy atom. The topological polar surface area (TPSA) is 96.7 Å². The van der Waals surface area contributed by atoms with Crippen LogP contribution in [0.1, 0.15) is 50.2 Å². The lowest BCUT2D eigenvalue weighted by atomic mass is 9.89. The number of nitrogens with one attached hydrogen (secondary N) is 2. The van der Waals surface area contributed by atoms with Gasteiger partial charge in [-0.05, 0) is 25.2 Å². The first-order valence-corrected chi connectivity index (χ1v) is 10.7. The molecule has 1 fully saturated rings. The van der Waals surface area contributed by atoms with E-state index in [-0.39, 0.29) is 18.5 Å². The van der Waals surface area contributed by atoms with Gasteiger partial charge >= 0.3 is 0 Å². The van der Waals surface area contributed by atoms with E-state index in [4.69, 9.17) is 4.74 Å². The first-order chi connectivity index (χ1) is 14.0. The van der Waals surface area contributed by atoms with E-state index in [9.17, 15) is 4.79 Å². The van der Waals surface area contributed by atoms with E-state index in [0.717, 1.165) is 43.5 Å². The molecule has 1 atom stereocenters. The number of carbonyl (C=O) groups is 1. The van der Waals surface area contributed by atoms with Crippen molar-refractivity contribution in [3.05, 3.63) is 11.6 Å². The van der Waals surface area contributed by atoms with Crippen molar-refractivity contribution in [1.82, 2.24) is 30.3 Å². The van der Waals surface area contributed by atoms with Crippen LogP contribution in [0.15, 0.2) is 4.99 Å². The molecule has 9 nitrogen and oxygen atoms in total. The summed E-state index contributed by atoms with van der Waals surface area (Å²) >= 11 is 0. The van der Waals surface area contributed by atoms with Crippen molar-refractivity contribution in [3.63, 3.8) is 0 Å². The minimum absolute atomic E-state index is 0.00446. The number of fused-ring (bicyclic) bond motifs is 1. The fourth-order valence-corrected chi connectivity index (χ4v) is 3.93. The third-order valence-electron chi connectivity index (χ3n) is 5.67. The van der Waals surface area contributed by atoms with E-state index in [2.05, 4.69) is 25.7 Å². The molecule has 9 heteroatoms. The van der Waals surface area contributed by atoms with Crippen LogP contribution in [0.3, 0.4) is 0 Å². The van der Waals surface area contributed by atoms with E-state index in [0.29, 0.717) is 12.5 Å². The number of aromatic nitrogens is 3. The van der Waals surface area contributed by atoms with Crippen molar-refractivity contribution in [2.75, 3.05) is 34.3 Å². The Kier molecular flexibility index (Phi) is 7.85. The molecule has 2 N–H and O–H groups in total. The summed E-state index contributed by atoms with van der Waals surface area (Å²) in [7, 11) is 5.16. The monoisotopic (exact) mass is 405 g/mol. The molecule has 0 aromatic carbocycles. The van der Waals surface area contributed by atoms with Gasteiger partial charge < -0.3 is 20.3 Å². The summed E-state index contributed by atoms with van der Waals surface area (Å²) < 4.78 is 7.10. The number of guanidine groups is 1. The van der Waals surface area contributed by atoms with Gasteiger partial charge in [-0.2, -0.15) is 5.10 Å². The van der Waals surface area contributed by atoms with E-state index in [1.807, 2.05) is 4.68 Å². The Hall–Kier alpha value is -2.16. The molecule has 0 bridgehead atoms. The number of nitrogens with zero attached hydrogens (tertiary/aromatic N) is 5. The summed E-state index contributed by atoms with van der Waals surface area (Å²) in [6.07, 6.45) is 8.33. The molecule has 0 saturated heterocycles. The fourth-order valence-electron chi connectivity index (χ4n) is 3.93. The molecule has 1 aliphatic heterocycles. The minimum atomic E-state index is -0.00446. The lowest BCUT2D eigenvalue weighted by molar-refractivity contribution is -0.127. The van der Waals surface area contributed by atoms with E-state index < -0.39 is 0 Å². The van der Waals surface area contributed by atoms with E-state index in [1.165, 1.54) is 32.1 Å². The molecule has 1 unspecified atom stereocenters. The number of hydrogen-bond acceptors (Lipinski definition) is 5. The maximum absolute atomic E-state index is 12.0. The summed E-state index contributed by atoms with van der Waals surface area (Å²) in [5, 5.41) is 11.5. The Labute approximate surface area is 173 Å². The van der Waals surface area contributed by atoms with Gasteiger partial charge in [0.15, 0.2) is 11.8 Å². The second-order valence-electron chi connectivity index (χ2n) is 8.28. The second kappa shape index (κ2) is 10.6. The molecule has 29 heavy (non-hydrogen) atoms. The number of amides is 1. The first-order valence-electron chi connectivity index (χ1n) is 10.7. The van der Waals surface area contributed by atoms with Crippen molar-refractivity contribution >= 4 is 11.9 Å². The van der Waals surface area contributed by atoms with Crippen LogP contribution in [0.25, 0.3) is 0 Å². The number of rotatable bonds is 7. The maximum Gasteiger partial charge on any atom is 0.243 e. The summed E-state index contributed by atoms with van der Waals surface area (Å²) in [6.45, 7) is 2.21. The fraction of sp³-hybridized carbons (Fsp3) is 0.800. The number of carbonyl (C=O) groups excluding carboxylic acids is 1. The van der Waals surface area contributed by atoms with Gasteiger partial charge in [-0.3, -0.25) is 4.79 Å². The molecular formula is C20H35N7O2. The summed E-state index contributed by atoms with van der Waals surface area (Å²) in [6, 6.07) is 0.201. The number of ether oxygens (including phenoxy) is 1. The predicted molar refractivity (Wildman–Crippen MR) is 112 cm³/mol. The lowest BCUT2D eigenvalue weighted by Gasteiger charge is -2.27. The largest absolute Gasteiger partial charge is 0.377 e. The highest BCUT2D eigenvalue weighted by atomic mass is 16.5. The number of aliphatic imine (C=N–C) groups is 1. The molecule has 162 valence electrons. The Bertz CT molecular complexity index is 695. The molecular weight excluding hydrogens is 370 g/mol. The zero-order chi connectivity index (χ0) is 20.6. The maximum atomic E-state index is 12.0. The highest BCUT2D eigenvalue weighted by molar-refractivity contribution is 5.84. The van der Waals surface area contributed by atoms with Gasteiger partial charge in [-0.15, -0.1) is 0 Å². The SMILES string of the molecule is COCc1nc2n(n1)CC(NC(=NCC(=O)N(C)C)NCC1CCCCC1)CC2. The average Bonchev–Trinajstić information content (AvgIpc) is 3.12. The number of methoxy groups -OCH3 is 1. The zero-order valence-electron chi connectivity index (χ0n) is 18.0. The van der Waals surface area contributed by atoms with Crippen LogP contribution in [0.2, 0.25) is 0 Å². The Morgan fingerprint density at radius 2 is 2.07 bits per heavy atom. The van der Waals surface area contributed by atoms with Crippen LogP contribution in [-0.4, -0.2) is 71.9 Å². The number of likely N-dealkylation sites (N-methyl/N-ethyl adjacent to an activating group) is 1. The van der Waals surface area contributed by atoms with Crippen LogP contribution in [0.4, 0.5) is 0 Å². The smallest absolute Gasteiger partial charge is 0.243 e. The first kappa shape index (κ1) is 21.5. The molecule has 2 heterocycles. The lowest BCUT2D eigenvalue weighted by Crippen LogP contribution is -2.48. The standard InChI is InChI=1S/C20H35N7O2/c1-26(2)19(28)12-22-20(21-11-15-7-5-4-6-8-15)23-16-9-10-18-24-17(14-29-3)25-27(18)13-16/h15-16H,4-14H2,1-3H3,(H2,21,22,23). The van der Waals surface area contributed by atoms with Crippen LogP contribution in [0.5, 0.6) is 0 Å². The zero-order valence-corrected chi connectivity index (χ0v) is 18.0. The summed E-state index contributed by atoms with van der Waals surface area (Å²) in [5.41, 5.74) is 0. The van der Waals surface area contributed by atoms with Gasteiger partial charge in [0.2, 0.25) is 5.91 Å². The van der Waals surface area contributed by atoms with Gasteiger partial charge in [0.05, 0.1) is 6.54 Å². The molecule has 1 amide bonds. The van der Waals surface area contributed by atoms with Crippen molar-refractivity contribution in [3.8, 4) is 0 Å². The van der Waals surface area contributed by atoms with Gasteiger partial charge in [0.1, 0.15) is 19.0 Å². The van der Waals surface area contributed by atoms with Gasteiger partial charge in [-0.25, -0.2) is 14.7 Å². The quantitative estimate of drug-likeness (QED) is 0.518. The molecule has 1 aromatic rings. The van der Waals surface area contributed by atoms with Gasteiger partial charge in [-0.1, -0.05) is 19.3 Å². The van der Waals surface area contributed by atoms with E-state index >= 15 is 0 Å². The van der Waals surface area contributed by atoms with Crippen molar-refractivity contribution in [1.29, 1.82) is 0 Å². The normalized spacial score (nSPS) is 20.2. The highest BCUT2D eigenvalue weighted by Gasteiger charge is 2.23. The summed E-state index contributed by atoms with van der Waals surface area (Å²) in [4.78, 5) is 22.7. The Morgan fingerprint density at radius 3 is 2.79 bits per heavy atom. The van der Waals surface area contributed by atoms with Crippen LogP contribution >= 0.6 is 0 Å². The molecule has 1 saturated carbocycles. The molecule has 2 aliphatic rings. The third kappa shape index (κ3) is 6.42. The van der Waals surface area contributed by atoms with Crippen molar-refractivity contribution < 1.29 is 9.53 Å².